The lowest BCUT2D eigenvalue weighted by molar-refractivity contribution is -0.144. The summed E-state index contributed by atoms with van der Waals surface area (Å²) >= 11 is 0. The van der Waals surface area contributed by atoms with Crippen molar-refractivity contribution in [2.75, 3.05) is 20.3 Å². The quantitative estimate of drug-likeness (QED) is 0.166. The van der Waals surface area contributed by atoms with E-state index in [-0.39, 0.29) is 54.5 Å². The van der Waals surface area contributed by atoms with Gasteiger partial charge in [0.05, 0.1) is 25.5 Å². The number of rotatable bonds is 10. The van der Waals surface area contributed by atoms with E-state index < -0.39 is 11.9 Å². The van der Waals surface area contributed by atoms with Crippen LogP contribution in [0.5, 0.6) is 5.75 Å². The summed E-state index contributed by atoms with van der Waals surface area (Å²) in [6.45, 7) is 0.819. The first kappa shape index (κ1) is 31.3. The molecule has 1 aliphatic heterocycles. The molecule has 0 radical (unpaired) electrons. The third kappa shape index (κ3) is 6.58. The van der Waals surface area contributed by atoms with Crippen molar-refractivity contribution < 1.29 is 29.3 Å². The highest BCUT2D eigenvalue weighted by Crippen LogP contribution is 2.39. The zero-order chi connectivity index (χ0) is 27.5. The SMILES string of the molecule is COC(=O)C[C@@H]1C[C@@H](COc2ccc3c(c2)C(=O)c2cc(C(=N)N)ccc2-3)N(CCCc2ccccc2)C1=O.Cl.O. The van der Waals surface area contributed by atoms with Crippen LogP contribution in [0.2, 0.25) is 0 Å². The number of aryl methyl sites for hydroxylation is 1. The summed E-state index contributed by atoms with van der Waals surface area (Å²) < 4.78 is 10.9. The number of fused-ring (bicyclic) bond motifs is 3. The Morgan fingerprint density at radius 2 is 1.68 bits per heavy atom. The van der Waals surface area contributed by atoms with Gasteiger partial charge in [0.2, 0.25) is 5.91 Å². The highest BCUT2D eigenvalue weighted by Gasteiger charge is 2.40. The fourth-order valence-corrected chi connectivity index (χ4v) is 5.48. The van der Waals surface area contributed by atoms with Gasteiger partial charge in [-0.2, -0.15) is 0 Å². The molecule has 1 amide bonds. The van der Waals surface area contributed by atoms with Crippen LogP contribution in [0.15, 0.2) is 66.7 Å². The smallest absolute Gasteiger partial charge is 0.306 e. The number of nitrogen functional groups attached to an aromatic ring is 1. The third-order valence-corrected chi connectivity index (χ3v) is 7.52. The van der Waals surface area contributed by atoms with Gasteiger partial charge >= 0.3 is 5.97 Å². The summed E-state index contributed by atoms with van der Waals surface area (Å²) in [7, 11) is 1.33. The second kappa shape index (κ2) is 13.4. The van der Waals surface area contributed by atoms with E-state index in [1.165, 1.54) is 12.7 Å². The lowest BCUT2D eigenvalue weighted by Crippen LogP contribution is -2.38. The maximum Gasteiger partial charge on any atom is 0.306 e. The second-order valence-corrected chi connectivity index (χ2v) is 10.0. The molecule has 0 saturated carbocycles. The lowest BCUT2D eigenvalue weighted by Gasteiger charge is -2.25. The molecule has 41 heavy (non-hydrogen) atoms. The molecule has 5 N–H and O–H groups in total. The van der Waals surface area contributed by atoms with Crippen molar-refractivity contribution in [1.82, 2.24) is 4.90 Å². The van der Waals surface area contributed by atoms with Gasteiger partial charge in [-0.05, 0) is 60.2 Å². The van der Waals surface area contributed by atoms with Crippen molar-refractivity contribution in [3.05, 3.63) is 89.0 Å². The van der Waals surface area contributed by atoms with Gasteiger partial charge in [-0.1, -0.05) is 42.5 Å². The number of likely N-dealkylation sites (tertiary alicyclic amines) is 1. The molecule has 10 heteroatoms. The van der Waals surface area contributed by atoms with E-state index in [1.807, 2.05) is 41.3 Å². The number of hydrogen-bond donors (Lipinski definition) is 2. The van der Waals surface area contributed by atoms with Gasteiger partial charge in [0.1, 0.15) is 18.2 Å². The van der Waals surface area contributed by atoms with Gasteiger partial charge in [-0.3, -0.25) is 19.8 Å². The molecule has 0 unspecified atom stereocenters. The molecule has 2 atom stereocenters. The van der Waals surface area contributed by atoms with Crippen LogP contribution in [-0.4, -0.2) is 60.2 Å². The van der Waals surface area contributed by atoms with Gasteiger partial charge in [0, 0.05) is 23.2 Å². The molecule has 216 valence electrons. The maximum atomic E-state index is 13.2. The first-order valence-electron chi connectivity index (χ1n) is 13.1. The van der Waals surface area contributed by atoms with Gasteiger partial charge < -0.3 is 25.6 Å². The normalized spacial score (nSPS) is 16.8. The number of amides is 1. The number of carbonyl (C=O) groups is 3. The third-order valence-electron chi connectivity index (χ3n) is 7.52. The molecule has 3 aromatic rings. The van der Waals surface area contributed by atoms with Crippen LogP contribution in [0.4, 0.5) is 0 Å². The number of methoxy groups -OCH3 is 1. The molecule has 2 aliphatic rings. The van der Waals surface area contributed by atoms with Crippen molar-refractivity contribution in [2.45, 2.75) is 31.7 Å². The van der Waals surface area contributed by atoms with E-state index in [1.54, 1.807) is 18.2 Å². The van der Waals surface area contributed by atoms with Crippen LogP contribution >= 0.6 is 12.4 Å². The van der Waals surface area contributed by atoms with E-state index in [2.05, 4.69) is 12.1 Å². The first-order chi connectivity index (χ1) is 18.9. The summed E-state index contributed by atoms with van der Waals surface area (Å²) in [5.41, 5.74) is 10.0. The van der Waals surface area contributed by atoms with Crippen LogP contribution < -0.4 is 10.5 Å². The summed E-state index contributed by atoms with van der Waals surface area (Å²) in [5, 5.41) is 7.67. The molecule has 0 bridgehead atoms. The highest BCUT2D eigenvalue weighted by molar-refractivity contribution is 6.22. The van der Waals surface area contributed by atoms with Crippen LogP contribution in [0.1, 0.15) is 46.3 Å². The Morgan fingerprint density at radius 1 is 1.00 bits per heavy atom. The minimum Gasteiger partial charge on any atom is -0.491 e. The van der Waals surface area contributed by atoms with Crippen molar-refractivity contribution >= 4 is 35.9 Å². The number of benzene rings is 3. The fourth-order valence-electron chi connectivity index (χ4n) is 5.48. The molecule has 1 saturated heterocycles. The molecular formula is C31H34ClN3O6. The van der Waals surface area contributed by atoms with E-state index >= 15 is 0 Å². The van der Waals surface area contributed by atoms with Crippen LogP contribution in [0, 0.1) is 11.3 Å². The molecule has 1 fully saturated rings. The van der Waals surface area contributed by atoms with E-state index in [0.29, 0.717) is 35.4 Å². The monoisotopic (exact) mass is 579 g/mol. The number of nitrogens with zero attached hydrogens (tertiary/aromatic N) is 1. The Balaban J connectivity index is 0.00000231. The molecule has 5 rings (SSSR count). The Hall–Kier alpha value is -4.21. The maximum absolute atomic E-state index is 13.2. The summed E-state index contributed by atoms with van der Waals surface area (Å²) in [6.07, 6.45) is 2.20. The number of nitrogens with one attached hydrogen (secondary N) is 1. The Labute approximate surface area is 244 Å². The number of amidine groups is 1. The zero-order valence-electron chi connectivity index (χ0n) is 22.7. The molecular weight excluding hydrogens is 546 g/mol. The Morgan fingerprint density at radius 3 is 2.37 bits per heavy atom. The van der Waals surface area contributed by atoms with Crippen molar-refractivity contribution in [1.29, 1.82) is 5.41 Å². The number of nitrogens with two attached hydrogens (primary N) is 1. The van der Waals surface area contributed by atoms with Gasteiger partial charge in [-0.25, -0.2) is 0 Å². The number of esters is 1. The fraction of sp³-hybridized carbons (Fsp3) is 0.290. The topological polar surface area (TPSA) is 154 Å². The van der Waals surface area contributed by atoms with Crippen molar-refractivity contribution in [2.24, 2.45) is 11.7 Å². The predicted octanol–water partition coefficient (Wildman–Crippen LogP) is 3.57. The van der Waals surface area contributed by atoms with E-state index in [0.717, 1.165) is 24.0 Å². The molecule has 0 spiro atoms. The van der Waals surface area contributed by atoms with E-state index in [4.69, 9.17) is 20.6 Å². The van der Waals surface area contributed by atoms with Crippen LogP contribution in [-0.2, 0) is 20.7 Å². The minimum atomic E-state index is -0.436. The zero-order valence-corrected chi connectivity index (χ0v) is 23.5. The summed E-state index contributed by atoms with van der Waals surface area (Å²) in [4.78, 5) is 40.1. The first-order valence-corrected chi connectivity index (χ1v) is 13.1. The summed E-state index contributed by atoms with van der Waals surface area (Å²) in [6, 6.07) is 20.5. The second-order valence-electron chi connectivity index (χ2n) is 10.0. The lowest BCUT2D eigenvalue weighted by atomic mass is 10.0. The number of ketones is 1. The molecule has 9 nitrogen and oxygen atoms in total. The average Bonchev–Trinajstić information content (AvgIpc) is 3.40. The standard InChI is InChI=1S/C31H31N3O5.ClH.H2O/c1-38-28(35)16-21-14-22(34(31(21)37)13-5-8-19-6-3-2-4-7-19)18-39-23-10-12-25-24-11-9-20(30(32)33)15-26(24)29(36)27(25)17-23;;/h2-4,6-7,9-12,15,17,21-22H,5,8,13-14,16,18H2,1H3,(H3,32,33);1H;1H2/t21-,22-;;/m0../s1. The molecule has 1 heterocycles. The largest absolute Gasteiger partial charge is 0.491 e. The van der Waals surface area contributed by atoms with Gasteiger partial charge in [0.25, 0.3) is 0 Å². The highest BCUT2D eigenvalue weighted by atomic mass is 35.5. The van der Waals surface area contributed by atoms with Crippen molar-refractivity contribution in [3.63, 3.8) is 0 Å². The van der Waals surface area contributed by atoms with Crippen LogP contribution in [0.25, 0.3) is 11.1 Å². The number of ether oxygens (including phenoxy) is 2. The molecule has 1 aliphatic carbocycles. The Kier molecular flexibility index (Phi) is 10.3. The summed E-state index contributed by atoms with van der Waals surface area (Å²) in [5.74, 6) is -0.573. The number of carbonyl (C=O) groups excluding carboxylic acids is 3. The minimum absolute atomic E-state index is 0. The number of halogens is 1. The average molecular weight is 580 g/mol. The predicted molar refractivity (Wildman–Crippen MR) is 158 cm³/mol. The van der Waals surface area contributed by atoms with Gasteiger partial charge in [0.15, 0.2) is 5.78 Å². The molecule has 3 aromatic carbocycles. The Bertz CT molecular complexity index is 1450. The number of hydrogen-bond acceptors (Lipinski definition) is 6. The van der Waals surface area contributed by atoms with E-state index in [9.17, 15) is 14.4 Å². The van der Waals surface area contributed by atoms with Gasteiger partial charge in [-0.15, -0.1) is 12.4 Å². The van der Waals surface area contributed by atoms with Crippen LogP contribution in [0.3, 0.4) is 0 Å². The van der Waals surface area contributed by atoms with Crippen molar-refractivity contribution in [3.8, 4) is 16.9 Å². The molecule has 0 aromatic heterocycles.